The Hall–Kier alpha value is -2.21. The summed E-state index contributed by atoms with van der Waals surface area (Å²) in [5, 5.41) is 8.80. The topological polar surface area (TPSA) is 97.7 Å². The van der Waals surface area contributed by atoms with Crippen LogP contribution in [0.2, 0.25) is 0 Å². The predicted molar refractivity (Wildman–Crippen MR) is 56.3 cm³/mol. The average Bonchev–Trinajstić information content (AvgIpc) is 2.28. The first-order valence-corrected chi connectivity index (χ1v) is 4.57. The van der Waals surface area contributed by atoms with Crippen LogP contribution in [-0.4, -0.2) is 20.5 Å². The maximum Gasteiger partial charge on any atom is 0.335 e. The summed E-state index contributed by atoms with van der Waals surface area (Å²) in [7, 11) is 0. The lowest BCUT2D eigenvalue weighted by molar-refractivity contribution is 0.0697. The number of hydrogen-bond donors (Lipinski definition) is 2. The van der Waals surface area contributed by atoms with Gasteiger partial charge in [0.2, 0.25) is 0 Å². The third-order valence-corrected chi connectivity index (χ3v) is 2.18. The number of nitrogens with zero attached hydrogens (tertiary/aromatic N) is 2. The Labute approximate surface area is 90.0 Å². The fraction of sp³-hybridized carbons (Fsp3) is 0.100. The summed E-state index contributed by atoms with van der Waals surface area (Å²) in [6.07, 6.45) is 1.38. The monoisotopic (exact) mass is 219 g/mol. The molecule has 0 bridgehead atoms. The average molecular weight is 219 g/mol. The van der Waals surface area contributed by atoms with Crippen LogP contribution >= 0.6 is 0 Å². The lowest BCUT2D eigenvalue weighted by atomic mass is 10.2. The van der Waals surface area contributed by atoms with Crippen molar-refractivity contribution >= 4 is 11.6 Å². The molecule has 0 saturated carbocycles. The van der Waals surface area contributed by atoms with Crippen molar-refractivity contribution in [1.82, 2.24) is 9.38 Å². The molecule has 16 heavy (non-hydrogen) atoms. The lowest BCUT2D eigenvalue weighted by Gasteiger charge is -2.02. The minimum Gasteiger partial charge on any atom is -0.478 e. The normalized spacial score (nSPS) is 10.6. The first-order chi connectivity index (χ1) is 7.61. The van der Waals surface area contributed by atoms with Crippen LogP contribution in [0.4, 0.5) is 0 Å². The molecule has 2 rings (SSSR count). The van der Waals surface area contributed by atoms with Crippen molar-refractivity contribution in [3.63, 3.8) is 0 Å². The molecular weight excluding hydrogens is 210 g/mol. The maximum atomic E-state index is 11.6. The highest BCUT2D eigenvalue weighted by Gasteiger charge is 2.06. The third kappa shape index (κ3) is 1.66. The zero-order valence-corrected chi connectivity index (χ0v) is 8.25. The molecule has 2 aromatic heterocycles. The number of hydrogen-bond acceptors (Lipinski definition) is 4. The zero-order chi connectivity index (χ0) is 11.7. The second-order valence-corrected chi connectivity index (χ2v) is 3.24. The molecule has 2 aromatic rings. The van der Waals surface area contributed by atoms with Gasteiger partial charge in [-0.3, -0.25) is 9.20 Å². The fourth-order valence-corrected chi connectivity index (χ4v) is 1.39. The summed E-state index contributed by atoms with van der Waals surface area (Å²) in [6, 6.07) is 4.01. The van der Waals surface area contributed by atoms with Crippen molar-refractivity contribution in [1.29, 1.82) is 0 Å². The number of carboxylic acids is 1. The molecule has 0 fully saturated rings. The Morgan fingerprint density at radius 2 is 2.25 bits per heavy atom. The number of carbonyl (C=O) groups is 1. The van der Waals surface area contributed by atoms with E-state index in [-0.39, 0.29) is 23.3 Å². The van der Waals surface area contributed by atoms with Gasteiger partial charge in [0.05, 0.1) is 11.3 Å². The van der Waals surface area contributed by atoms with E-state index in [2.05, 4.69) is 4.98 Å². The minimum absolute atomic E-state index is 0.0843. The molecular formula is C10H9N3O3. The Kier molecular flexibility index (Phi) is 2.41. The van der Waals surface area contributed by atoms with Gasteiger partial charge in [0, 0.05) is 18.8 Å². The number of rotatable bonds is 2. The van der Waals surface area contributed by atoms with Gasteiger partial charge in [-0.2, -0.15) is 0 Å². The Morgan fingerprint density at radius 3 is 2.88 bits per heavy atom. The molecule has 0 unspecified atom stereocenters. The van der Waals surface area contributed by atoms with Gasteiger partial charge in [-0.05, 0) is 12.1 Å². The standard InChI is InChI=1S/C10H9N3O3/c11-5-7-4-9(14)13-2-1-6(10(15)16)3-8(13)12-7/h1-4H,5,11H2,(H,15,16). The van der Waals surface area contributed by atoms with Gasteiger partial charge in [0.15, 0.2) is 0 Å². The molecule has 6 heteroatoms. The molecule has 0 aliphatic rings. The van der Waals surface area contributed by atoms with Crippen molar-refractivity contribution in [2.75, 3.05) is 0 Å². The molecule has 6 nitrogen and oxygen atoms in total. The number of fused-ring (bicyclic) bond motifs is 1. The van der Waals surface area contributed by atoms with Crippen LogP contribution in [0.15, 0.2) is 29.2 Å². The third-order valence-electron chi connectivity index (χ3n) is 2.18. The first-order valence-electron chi connectivity index (χ1n) is 4.57. The number of pyridine rings is 1. The molecule has 0 saturated heterocycles. The van der Waals surface area contributed by atoms with Crippen LogP contribution in [0.5, 0.6) is 0 Å². The highest BCUT2D eigenvalue weighted by Crippen LogP contribution is 2.04. The van der Waals surface area contributed by atoms with E-state index in [9.17, 15) is 9.59 Å². The highest BCUT2D eigenvalue weighted by molar-refractivity contribution is 5.88. The SMILES string of the molecule is NCc1cc(=O)n2ccc(C(=O)O)cc2n1. The molecule has 0 aliphatic heterocycles. The van der Waals surface area contributed by atoms with Gasteiger partial charge in [0.1, 0.15) is 5.65 Å². The molecule has 0 amide bonds. The second kappa shape index (κ2) is 3.74. The van der Waals surface area contributed by atoms with Crippen LogP contribution in [0.3, 0.4) is 0 Å². The van der Waals surface area contributed by atoms with E-state index in [0.717, 1.165) is 0 Å². The fourth-order valence-electron chi connectivity index (χ4n) is 1.39. The van der Waals surface area contributed by atoms with E-state index < -0.39 is 5.97 Å². The molecule has 0 radical (unpaired) electrons. The smallest absolute Gasteiger partial charge is 0.335 e. The van der Waals surface area contributed by atoms with Crippen molar-refractivity contribution < 1.29 is 9.90 Å². The molecule has 0 aliphatic carbocycles. The molecule has 2 heterocycles. The van der Waals surface area contributed by atoms with Crippen LogP contribution in [0, 0.1) is 0 Å². The van der Waals surface area contributed by atoms with Crippen LogP contribution in [0.25, 0.3) is 5.65 Å². The van der Waals surface area contributed by atoms with E-state index >= 15 is 0 Å². The summed E-state index contributed by atoms with van der Waals surface area (Å²) in [5.41, 5.74) is 5.91. The highest BCUT2D eigenvalue weighted by atomic mass is 16.4. The zero-order valence-electron chi connectivity index (χ0n) is 8.25. The quantitative estimate of drug-likeness (QED) is 0.732. The van der Waals surface area contributed by atoms with E-state index in [0.29, 0.717) is 5.69 Å². The van der Waals surface area contributed by atoms with E-state index in [1.807, 2.05) is 0 Å². The lowest BCUT2D eigenvalue weighted by Crippen LogP contribution is -2.17. The van der Waals surface area contributed by atoms with Crippen LogP contribution in [-0.2, 0) is 6.54 Å². The Bertz CT molecular complexity index is 618. The Balaban J connectivity index is 2.76. The number of aromatic carboxylic acids is 1. The molecule has 0 aromatic carbocycles. The van der Waals surface area contributed by atoms with Gasteiger partial charge in [-0.1, -0.05) is 0 Å². The second-order valence-electron chi connectivity index (χ2n) is 3.24. The van der Waals surface area contributed by atoms with Crippen LogP contribution in [0.1, 0.15) is 16.1 Å². The summed E-state index contributed by atoms with van der Waals surface area (Å²) >= 11 is 0. The largest absolute Gasteiger partial charge is 0.478 e. The number of nitrogens with two attached hydrogens (primary N) is 1. The van der Waals surface area contributed by atoms with E-state index in [1.54, 1.807) is 0 Å². The summed E-state index contributed by atoms with van der Waals surface area (Å²) in [4.78, 5) is 26.4. The number of carboxylic acid groups (broad SMARTS) is 1. The predicted octanol–water partition coefficient (Wildman–Crippen LogP) is -0.149. The number of aromatic nitrogens is 2. The van der Waals surface area contributed by atoms with E-state index in [4.69, 9.17) is 10.8 Å². The van der Waals surface area contributed by atoms with Gasteiger partial charge >= 0.3 is 5.97 Å². The molecule has 82 valence electrons. The van der Waals surface area contributed by atoms with Crippen molar-refractivity contribution in [3.05, 3.63) is 46.0 Å². The van der Waals surface area contributed by atoms with Gasteiger partial charge < -0.3 is 10.8 Å². The van der Waals surface area contributed by atoms with Gasteiger partial charge in [0.25, 0.3) is 5.56 Å². The minimum atomic E-state index is -1.06. The summed E-state index contributed by atoms with van der Waals surface area (Å²) in [5.74, 6) is -1.06. The summed E-state index contributed by atoms with van der Waals surface area (Å²) < 4.78 is 1.27. The molecule has 0 spiro atoms. The van der Waals surface area contributed by atoms with Crippen molar-refractivity contribution in [3.8, 4) is 0 Å². The van der Waals surface area contributed by atoms with Crippen molar-refractivity contribution in [2.24, 2.45) is 5.73 Å². The first kappa shape index (κ1) is 10.3. The Morgan fingerprint density at radius 1 is 1.50 bits per heavy atom. The van der Waals surface area contributed by atoms with Gasteiger partial charge in [-0.25, -0.2) is 9.78 Å². The maximum absolute atomic E-state index is 11.6. The van der Waals surface area contributed by atoms with Crippen molar-refractivity contribution in [2.45, 2.75) is 6.54 Å². The summed E-state index contributed by atoms with van der Waals surface area (Å²) in [6.45, 7) is 0.142. The van der Waals surface area contributed by atoms with E-state index in [1.165, 1.54) is 28.8 Å². The molecule has 0 atom stereocenters. The molecule has 3 N–H and O–H groups in total. The van der Waals surface area contributed by atoms with Crippen LogP contribution < -0.4 is 11.3 Å². The van der Waals surface area contributed by atoms with Gasteiger partial charge in [-0.15, -0.1) is 0 Å².